The summed E-state index contributed by atoms with van der Waals surface area (Å²) in [6.07, 6.45) is 1.88. The van der Waals surface area contributed by atoms with E-state index in [1.165, 1.54) is 12.7 Å². The van der Waals surface area contributed by atoms with E-state index < -0.39 is 0 Å². The highest BCUT2D eigenvalue weighted by Crippen LogP contribution is 2.35. The number of carbonyl (C=O) groups excluding carboxylic acids is 5. The van der Waals surface area contributed by atoms with Gasteiger partial charge in [0.1, 0.15) is 31.4 Å². The van der Waals surface area contributed by atoms with Crippen LogP contribution in [0, 0.1) is 0 Å². The fourth-order valence-corrected chi connectivity index (χ4v) is 7.25. The largest absolute Gasteiger partial charge is 0.508 e. The summed E-state index contributed by atoms with van der Waals surface area (Å²) in [6, 6.07) is 30.5. The molecule has 0 aliphatic carbocycles. The van der Waals surface area contributed by atoms with Gasteiger partial charge in [-0.25, -0.2) is 0 Å². The van der Waals surface area contributed by atoms with Gasteiger partial charge in [0.05, 0.1) is 32.8 Å². The zero-order valence-corrected chi connectivity index (χ0v) is 36.5. The van der Waals surface area contributed by atoms with Crippen molar-refractivity contribution in [3.05, 3.63) is 130 Å². The number of methoxy groups -OCH3 is 1. The van der Waals surface area contributed by atoms with Crippen molar-refractivity contribution in [3.63, 3.8) is 0 Å². The summed E-state index contributed by atoms with van der Waals surface area (Å²) in [7, 11) is 3.10. The quantitative estimate of drug-likeness (QED) is 0.0366. The Balaban J connectivity index is 0.950. The molecule has 4 aromatic rings. The number of benzene rings is 4. The monoisotopic (exact) mass is 862 g/mol. The van der Waals surface area contributed by atoms with Crippen LogP contribution in [0.5, 0.6) is 11.5 Å². The predicted molar refractivity (Wildman–Crippen MR) is 238 cm³/mol. The van der Waals surface area contributed by atoms with Crippen molar-refractivity contribution in [2.45, 2.75) is 52.1 Å². The van der Waals surface area contributed by atoms with E-state index >= 15 is 0 Å². The van der Waals surface area contributed by atoms with Gasteiger partial charge in [-0.3, -0.25) is 28.9 Å². The molecular weight excluding hydrogens is 805 g/mol. The Kier molecular flexibility index (Phi) is 18.4. The first-order valence-corrected chi connectivity index (χ1v) is 21.2. The highest BCUT2D eigenvalue weighted by molar-refractivity contribution is 5.99. The molecule has 0 fully saturated rings. The van der Waals surface area contributed by atoms with Crippen molar-refractivity contribution < 1.29 is 48.0 Å². The van der Waals surface area contributed by atoms with Crippen molar-refractivity contribution in [1.82, 2.24) is 20.0 Å². The van der Waals surface area contributed by atoms with Crippen molar-refractivity contribution in [2.75, 3.05) is 67.0 Å². The van der Waals surface area contributed by atoms with Gasteiger partial charge in [0, 0.05) is 45.3 Å². The number of hydrogen-bond acceptors (Lipinski definition) is 10. The maximum absolute atomic E-state index is 13.1. The number of phenols is 1. The minimum atomic E-state index is -0.370. The normalized spacial score (nSPS) is 12.9. The minimum Gasteiger partial charge on any atom is -0.508 e. The SMILES string of the molecule is CC/C(=C(\c1ccc(O)cc1)c1ccc(OCCN(C)C(=O)COCCOCCNC(=O)Cc2ccc3c(c2)CN(C(C)CCC(=O)N(C=O)COC)C3=O)cc1)c1ccccc1. The first kappa shape index (κ1) is 47.7. The third kappa shape index (κ3) is 13.8. The molecule has 1 heterocycles. The van der Waals surface area contributed by atoms with E-state index in [0.717, 1.165) is 44.7 Å². The van der Waals surface area contributed by atoms with Gasteiger partial charge in [-0.15, -0.1) is 0 Å². The van der Waals surface area contributed by atoms with Gasteiger partial charge in [0.15, 0.2) is 0 Å². The molecule has 14 heteroatoms. The standard InChI is InChI=1S/C49H58N4O10/c1-5-43(37-9-7-6-8-10-37)48(38-13-17-41(55)18-14-38)39-15-19-42(20-16-39)63-26-24-51(3)47(58)32-62-28-27-61-25-23-50-45(56)30-36-12-21-44-40(29-36)31-53(49(44)59)35(2)11-22-46(57)52(33-54)34-60-4/h6-10,12-21,29,33,35,55H,5,11,22-28,30-32,34H2,1-4H3,(H,50,56)/b48-43-. The summed E-state index contributed by atoms with van der Waals surface area (Å²) in [4.78, 5) is 66.0. The summed E-state index contributed by atoms with van der Waals surface area (Å²) in [5, 5.41) is 12.8. The number of nitrogens with one attached hydrogen (secondary N) is 1. The molecule has 5 amide bonds. The molecule has 0 radical (unpaired) electrons. The Bertz CT molecular complexity index is 2180. The third-order valence-corrected chi connectivity index (χ3v) is 10.8. The predicted octanol–water partition coefficient (Wildman–Crippen LogP) is 5.70. The Morgan fingerprint density at radius 3 is 2.25 bits per heavy atom. The molecule has 0 spiro atoms. The van der Waals surface area contributed by atoms with E-state index in [9.17, 15) is 29.1 Å². The third-order valence-electron chi connectivity index (χ3n) is 10.8. The van der Waals surface area contributed by atoms with Gasteiger partial charge >= 0.3 is 0 Å². The summed E-state index contributed by atoms with van der Waals surface area (Å²) >= 11 is 0. The second-order valence-electron chi connectivity index (χ2n) is 15.2. The van der Waals surface area contributed by atoms with Crippen molar-refractivity contribution in [3.8, 4) is 11.5 Å². The van der Waals surface area contributed by atoms with Crippen LogP contribution in [-0.4, -0.2) is 123 Å². The number of ether oxygens (including phenoxy) is 4. The van der Waals surface area contributed by atoms with E-state index in [-0.39, 0.29) is 81.4 Å². The molecule has 1 unspecified atom stereocenters. The number of imide groups is 1. The number of amides is 5. The van der Waals surface area contributed by atoms with Crippen LogP contribution in [0.15, 0.2) is 97.1 Å². The summed E-state index contributed by atoms with van der Waals surface area (Å²) in [5.74, 6) is 0.0216. The first-order chi connectivity index (χ1) is 30.5. The summed E-state index contributed by atoms with van der Waals surface area (Å²) in [6.45, 7) is 5.86. The molecule has 1 atom stereocenters. The number of allylic oxidation sites excluding steroid dienone is 1. The molecule has 0 aromatic heterocycles. The second-order valence-corrected chi connectivity index (χ2v) is 15.2. The smallest absolute Gasteiger partial charge is 0.254 e. The van der Waals surface area contributed by atoms with Crippen LogP contribution in [0.4, 0.5) is 0 Å². The molecule has 4 aromatic carbocycles. The number of fused-ring (bicyclic) bond motifs is 1. The van der Waals surface area contributed by atoms with Crippen molar-refractivity contribution in [2.24, 2.45) is 0 Å². The van der Waals surface area contributed by atoms with Gasteiger partial charge in [0.25, 0.3) is 5.91 Å². The number of likely N-dealkylation sites (N-methyl/N-ethyl adjacent to an activating group) is 1. The zero-order chi connectivity index (χ0) is 45.1. The van der Waals surface area contributed by atoms with E-state index in [1.807, 2.05) is 67.6 Å². The number of hydrogen-bond donors (Lipinski definition) is 2. The fourth-order valence-electron chi connectivity index (χ4n) is 7.25. The lowest BCUT2D eigenvalue weighted by atomic mass is 9.88. The Morgan fingerprint density at radius 2 is 1.57 bits per heavy atom. The molecular formula is C49H58N4O10. The van der Waals surface area contributed by atoms with Crippen LogP contribution >= 0.6 is 0 Å². The van der Waals surface area contributed by atoms with E-state index in [0.29, 0.717) is 50.4 Å². The molecule has 0 saturated carbocycles. The summed E-state index contributed by atoms with van der Waals surface area (Å²) in [5.41, 5.74) is 7.60. The number of aromatic hydroxyl groups is 1. The Labute approximate surface area is 369 Å². The number of phenolic OH excluding ortho intramolecular Hbond substituents is 1. The molecule has 0 bridgehead atoms. The molecule has 5 rings (SSSR count). The van der Waals surface area contributed by atoms with E-state index in [2.05, 4.69) is 24.4 Å². The topological polar surface area (TPSA) is 164 Å². The summed E-state index contributed by atoms with van der Waals surface area (Å²) < 4.78 is 21.9. The molecule has 0 saturated heterocycles. The minimum absolute atomic E-state index is 0.0963. The van der Waals surface area contributed by atoms with Crippen molar-refractivity contribution >= 4 is 41.2 Å². The maximum Gasteiger partial charge on any atom is 0.254 e. The van der Waals surface area contributed by atoms with Crippen LogP contribution in [0.1, 0.15) is 71.3 Å². The lowest BCUT2D eigenvalue weighted by Crippen LogP contribution is -2.36. The molecule has 63 heavy (non-hydrogen) atoms. The van der Waals surface area contributed by atoms with Crippen LogP contribution in [0.3, 0.4) is 0 Å². The number of rotatable bonds is 25. The molecule has 1 aliphatic heterocycles. The average molecular weight is 863 g/mol. The lowest BCUT2D eigenvalue weighted by Gasteiger charge is -2.24. The molecule has 334 valence electrons. The maximum atomic E-state index is 13.1. The molecule has 1 aliphatic rings. The lowest BCUT2D eigenvalue weighted by molar-refractivity contribution is -0.143. The van der Waals surface area contributed by atoms with Crippen LogP contribution in [0.2, 0.25) is 0 Å². The van der Waals surface area contributed by atoms with Crippen molar-refractivity contribution in [1.29, 1.82) is 0 Å². The highest BCUT2D eigenvalue weighted by atomic mass is 16.5. The van der Waals surface area contributed by atoms with Gasteiger partial charge in [-0.2, -0.15) is 0 Å². The zero-order valence-electron chi connectivity index (χ0n) is 36.5. The molecule has 14 nitrogen and oxygen atoms in total. The fraction of sp³-hybridized carbons (Fsp3) is 0.367. The van der Waals surface area contributed by atoms with Crippen LogP contribution < -0.4 is 10.1 Å². The highest BCUT2D eigenvalue weighted by Gasteiger charge is 2.31. The van der Waals surface area contributed by atoms with Gasteiger partial charge in [-0.1, -0.05) is 73.7 Å². The van der Waals surface area contributed by atoms with Crippen LogP contribution in [-0.2, 0) is 46.4 Å². The van der Waals surface area contributed by atoms with Gasteiger partial charge in [-0.05, 0) is 89.1 Å². The van der Waals surface area contributed by atoms with Crippen LogP contribution in [0.25, 0.3) is 11.1 Å². The molecule has 2 N–H and O–H groups in total. The van der Waals surface area contributed by atoms with Gasteiger partial charge in [0.2, 0.25) is 24.1 Å². The van der Waals surface area contributed by atoms with E-state index in [4.69, 9.17) is 18.9 Å². The number of nitrogens with zero attached hydrogens (tertiary/aromatic N) is 3. The Hall–Kier alpha value is -6.35. The second kappa shape index (κ2) is 24.3. The Morgan fingerprint density at radius 1 is 0.873 bits per heavy atom. The average Bonchev–Trinajstić information content (AvgIpc) is 3.63. The van der Waals surface area contributed by atoms with Gasteiger partial charge < -0.3 is 39.2 Å². The number of carbonyl (C=O) groups is 5. The van der Waals surface area contributed by atoms with E-state index in [1.54, 1.807) is 41.1 Å². The first-order valence-electron chi connectivity index (χ1n) is 21.2.